The van der Waals surface area contributed by atoms with E-state index in [9.17, 15) is 10.1 Å². The second-order valence-electron chi connectivity index (χ2n) is 5.91. The summed E-state index contributed by atoms with van der Waals surface area (Å²) in [7, 11) is 0. The van der Waals surface area contributed by atoms with Crippen LogP contribution in [0.3, 0.4) is 0 Å². The molecule has 1 aliphatic rings. The number of nitrogens with zero attached hydrogens (tertiary/aromatic N) is 3. The molecule has 24 heavy (non-hydrogen) atoms. The average molecular weight is 320 g/mol. The van der Waals surface area contributed by atoms with Gasteiger partial charge in [-0.15, -0.1) is 0 Å². The lowest BCUT2D eigenvalue weighted by molar-refractivity contribution is 0.0949. The highest BCUT2D eigenvalue weighted by atomic mass is 16.1. The second kappa shape index (κ2) is 7.60. The summed E-state index contributed by atoms with van der Waals surface area (Å²) in [4.78, 5) is 18.8. The molecule has 0 bridgehead atoms. The van der Waals surface area contributed by atoms with Gasteiger partial charge in [-0.2, -0.15) is 5.26 Å². The molecule has 1 atom stereocenters. The van der Waals surface area contributed by atoms with Crippen molar-refractivity contribution >= 4 is 11.7 Å². The molecule has 1 N–H and O–H groups in total. The lowest BCUT2D eigenvalue weighted by Gasteiger charge is -2.37. The predicted octanol–water partition coefficient (Wildman–Crippen LogP) is 2.74. The minimum Gasteiger partial charge on any atom is -0.351 e. The number of piperidine rings is 1. The molecular formula is C19H20N4O. The number of carbonyl (C=O) groups is 1. The summed E-state index contributed by atoms with van der Waals surface area (Å²) in [5.41, 5.74) is 1.24. The number of rotatable bonds is 4. The van der Waals surface area contributed by atoms with Crippen LogP contribution in [0.25, 0.3) is 0 Å². The van der Waals surface area contributed by atoms with Crippen molar-refractivity contribution in [2.24, 2.45) is 0 Å². The third-order valence-electron chi connectivity index (χ3n) is 4.34. The largest absolute Gasteiger partial charge is 0.351 e. The number of hydrogen-bond acceptors (Lipinski definition) is 4. The minimum absolute atomic E-state index is 0.0670. The Bertz CT molecular complexity index is 739. The summed E-state index contributed by atoms with van der Waals surface area (Å²) in [5.74, 6) is 0.654. The molecule has 2 heterocycles. The van der Waals surface area contributed by atoms with Gasteiger partial charge < -0.3 is 10.2 Å². The summed E-state index contributed by atoms with van der Waals surface area (Å²) < 4.78 is 0. The molecule has 0 spiro atoms. The van der Waals surface area contributed by atoms with Gasteiger partial charge in [0.2, 0.25) is 0 Å². The van der Waals surface area contributed by atoms with E-state index in [2.05, 4.69) is 21.3 Å². The Morgan fingerprint density at radius 1 is 1.25 bits per heavy atom. The quantitative estimate of drug-likeness (QED) is 0.940. The Morgan fingerprint density at radius 2 is 2.08 bits per heavy atom. The SMILES string of the molecule is N#Cc1cccnc1N1CCCC[C@@H]1CNC(=O)c1ccccc1. The minimum atomic E-state index is -0.0670. The molecule has 3 rings (SSSR count). The maximum absolute atomic E-state index is 12.3. The Hall–Kier alpha value is -2.87. The normalized spacial score (nSPS) is 17.1. The molecule has 1 aromatic heterocycles. The fourth-order valence-corrected chi connectivity index (χ4v) is 3.11. The van der Waals surface area contributed by atoms with Crippen LogP contribution < -0.4 is 10.2 Å². The Morgan fingerprint density at radius 3 is 2.88 bits per heavy atom. The molecule has 5 nitrogen and oxygen atoms in total. The van der Waals surface area contributed by atoms with Gasteiger partial charge in [0.1, 0.15) is 11.9 Å². The third-order valence-corrected chi connectivity index (χ3v) is 4.34. The third kappa shape index (κ3) is 3.54. The van der Waals surface area contributed by atoms with Crippen molar-refractivity contribution in [2.45, 2.75) is 25.3 Å². The molecule has 1 aromatic carbocycles. The number of carbonyl (C=O) groups excluding carboxylic acids is 1. The molecule has 1 saturated heterocycles. The van der Waals surface area contributed by atoms with Gasteiger partial charge >= 0.3 is 0 Å². The van der Waals surface area contributed by atoms with Crippen molar-refractivity contribution in [1.29, 1.82) is 5.26 Å². The molecule has 2 aromatic rings. The summed E-state index contributed by atoms with van der Waals surface area (Å²) in [6.45, 7) is 1.41. The summed E-state index contributed by atoms with van der Waals surface area (Å²) in [5, 5.41) is 12.3. The standard InChI is InChI=1S/C19H20N4O/c20-13-16-9-6-11-21-18(16)23-12-5-4-10-17(23)14-22-19(24)15-7-2-1-3-8-15/h1-3,6-9,11,17H,4-5,10,12,14H2,(H,22,24)/t17-/m1/s1. The predicted molar refractivity (Wildman–Crippen MR) is 92.7 cm³/mol. The van der Waals surface area contributed by atoms with Gasteiger partial charge in [0.25, 0.3) is 5.91 Å². The van der Waals surface area contributed by atoms with Crippen LogP contribution in [0.5, 0.6) is 0 Å². The van der Waals surface area contributed by atoms with Crippen LogP contribution in [-0.2, 0) is 0 Å². The Kier molecular flexibility index (Phi) is 5.07. The maximum Gasteiger partial charge on any atom is 0.251 e. The molecule has 5 heteroatoms. The first-order valence-corrected chi connectivity index (χ1v) is 8.24. The van der Waals surface area contributed by atoms with E-state index in [1.165, 1.54) is 0 Å². The van der Waals surface area contributed by atoms with Crippen molar-refractivity contribution in [1.82, 2.24) is 10.3 Å². The Labute approximate surface area is 141 Å². The van der Waals surface area contributed by atoms with Crippen LogP contribution in [0.15, 0.2) is 48.7 Å². The van der Waals surface area contributed by atoms with Crippen molar-refractivity contribution in [3.63, 3.8) is 0 Å². The van der Waals surface area contributed by atoms with Gasteiger partial charge in [-0.1, -0.05) is 18.2 Å². The van der Waals surface area contributed by atoms with E-state index in [4.69, 9.17) is 0 Å². The van der Waals surface area contributed by atoms with E-state index in [1.807, 2.05) is 18.2 Å². The zero-order chi connectivity index (χ0) is 16.8. The molecular weight excluding hydrogens is 300 g/mol. The lowest BCUT2D eigenvalue weighted by Crippen LogP contribution is -2.47. The smallest absolute Gasteiger partial charge is 0.251 e. The molecule has 1 fully saturated rings. The van der Waals surface area contributed by atoms with Crippen molar-refractivity contribution in [3.05, 3.63) is 59.8 Å². The first-order chi connectivity index (χ1) is 11.8. The van der Waals surface area contributed by atoms with Gasteiger partial charge in [-0.3, -0.25) is 4.79 Å². The summed E-state index contributed by atoms with van der Waals surface area (Å²) >= 11 is 0. The van der Waals surface area contributed by atoms with Crippen LogP contribution in [0.2, 0.25) is 0 Å². The first kappa shape index (κ1) is 16.0. The number of aromatic nitrogens is 1. The summed E-state index contributed by atoms with van der Waals surface area (Å²) in [6.07, 6.45) is 4.89. The highest BCUT2D eigenvalue weighted by molar-refractivity contribution is 5.94. The zero-order valence-electron chi connectivity index (χ0n) is 13.5. The highest BCUT2D eigenvalue weighted by Gasteiger charge is 2.25. The van der Waals surface area contributed by atoms with Crippen LogP contribution in [-0.4, -0.2) is 30.0 Å². The number of nitrogens with one attached hydrogen (secondary N) is 1. The van der Waals surface area contributed by atoms with Gasteiger partial charge in [0.05, 0.1) is 5.56 Å². The lowest BCUT2D eigenvalue weighted by atomic mass is 10.0. The summed E-state index contributed by atoms with van der Waals surface area (Å²) in [6, 6.07) is 15.2. The van der Waals surface area contributed by atoms with Gasteiger partial charge in [-0.25, -0.2) is 4.98 Å². The van der Waals surface area contributed by atoms with Crippen LogP contribution >= 0.6 is 0 Å². The molecule has 1 amide bonds. The van der Waals surface area contributed by atoms with Crippen LogP contribution in [0, 0.1) is 11.3 Å². The van der Waals surface area contributed by atoms with Gasteiger partial charge in [-0.05, 0) is 43.5 Å². The maximum atomic E-state index is 12.3. The molecule has 0 radical (unpaired) electrons. The fourth-order valence-electron chi connectivity index (χ4n) is 3.11. The van der Waals surface area contributed by atoms with E-state index in [-0.39, 0.29) is 11.9 Å². The van der Waals surface area contributed by atoms with Crippen molar-refractivity contribution < 1.29 is 4.79 Å². The number of pyridine rings is 1. The van der Waals surface area contributed by atoms with E-state index < -0.39 is 0 Å². The Balaban J connectivity index is 1.71. The molecule has 0 saturated carbocycles. The molecule has 122 valence electrons. The van der Waals surface area contributed by atoms with Crippen molar-refractivity contribution in [3.8, 4) is 6.07 Å². The topological polar surface area (TPSA) is 69.0 Å². The van der Waals surface area contributed by atoms with E-state index >= 15 is 0 Å². The fraction of sp³-hybridized carbons (Fsp3) is 0.316. The number of benzene rings is 1. The van der Waals surface area contributed by atoms with E-state index in [0.29, 0.717) is 17.7 Å². The van der Waals surface area contributed by atoms with Crippen molar-refractivity contribution in [2.75, 3.05) is 18.0 Å². The second-order valence-corrected chi connectivity index (χ2v) is 5.91. The zero-order valence-corrected chi connectivity index (χ0v) is 13.5. The van der Waals surface area contributed by atoms with E-state index in [0.717, 1.165) is 31.6 Å². The first-order valence-electron chi connectivity index (χ1n) is 8.24. The molecule has 1 aliphatic heterocycles. The van der Waals surface area contributed by atoms with Crippen LogP contribution in [0.1, 0.15) is 35.2 Å². The van der Waals surface area contributed by atoms with Crippen LogP contribution in [0.4, 0.5) is 5.82 Å². The monoisotopic (exact) mass is 320 g/mol. The van der Waals surface area contributed by atoms with E-state index in [1.54, 1.807) is 30.5 Å². The van der Waals surface area contributed by atoms with Gasteiger partial charge in [0.15, 0.2) is 0 Å². The average Bonchev–Trinajstić information content (AvgIpc) is 2.67. The molecule has 0 unspecified atom stereocenters. The molecule has 0 aliphatic carbocycles. The number of hydrogen-bond donors (Lipinski definition) is 1. The number of anilines is 1. The number of amides is 1. The number of nitriles is 1. The highest BCUT2D eigenvalue weighted by Crippen LogP contribution is 2.25. The van der Waals surface area contributed by atoms with Gasteiger partial charge in [0, 0.05) is 30.9 Å².